The third kappa shape index (κ3) is 3.38. The predicted molar refractivity (Wildman–Crippen MR) is 73.8 cm³/mol. The van der Waals surface area contributed by atoms with Crippen LogP contribution >= 0.6 is 0 Å². The maximum Gasteiger partial charge on any atom is 0.127 e. The topological polar surface area (TPSA) is 60.2 Å². The SMILES string of the molecule is COc1cccc(CCNc2cc(N)ccn2)c1. The summed E-state index contributed by atoms with van der Waals surface area (Å²) < 4.78 is 5.19. The number of nitrogens with one attached hydrogen (secondary N) is 1. The van der Waals surface area contributed by atoms with E-state index in [-0.39, 0.29) is 0 Å². The first-order valence-electron chi connectivity index (χ1n) is 5.86. The zero-order valence-corrected chi connectivity index (χ0v) is 10.4. The number of rotatable bonds is 5. The van der Waals surface area contributed by atoms with Gasteiger partial charge in [-0.15, -0.1) is 0 Å². The van der Waals surface area contributed by atoms with Gasteiger partial charge in [0.05, 0.1) is 7.11 Å². The predicted octanol–water partition coefficient (Wildman–Crippen LogP) is 2.33. The van der Waals surface area contributed by atoms with Crippen molar-refractivity contribution >= 4 is 11.5 Å². The second-order valence-corrected chi connectivity index (χ2v) is 4.00. The van der Waals surface area contributed by atoms with Gasteiger partial charge < -0.3 is 15.8 Å². The van der Waals surface area contributed by atoms with Gasteiger partial charge in [-0.1, -0.05) is 12.1 Å². The fourth-order valence-electron chi connectivity index (χ4n) is 1.71. The van der Waals surface area contributed by atoms with Gasteiger partial charge in [-0.25, -0.2) is 4.98 Å². The Kier molecular flexibility index (Phi) is 4.02. The van der Waals surface area contributed by atoms with E-state index in [1.165, 1.54) is 5.56 Å². The molecule has 1 aromatic heterocycles. The van der Waals surface area contributed by atoms with Crippen molar-refractivity contribution in [2.45, 2.75) is 6.42 Å². The van der Waals surface area contributed by atoms with Crippen molar-refractivity contribution in [2.75, 3.05) is 24.7 Å². The summed E-state index contributed by atoms with van der Waals surface area (Å²) in [5, 5.41) is 3.24. The van der Waals surface area contributed by atoms with Crippen LogP contribution in [0.15, 0.2) is 42.6 Å². The van der Waals surface area contributed by atoms with E-state index in [9.17, 15) is 0 Å². The average molecular weight is 243 g/mol. The monoisotopic (exact) mass is 243 g/mol. The van der Waals surface area contributed by atoms with Gasteiger partial charge in [0.15, 0.2) is 0 Å². The molecule has 0 unspecified atom stereocenters. The molecule has 4 nitrogen and oxygen atoms in total. The van der Waals surface area contributed by atoms with Gasteiger partial charge in [-0.2, -0.15) is 0 Å². The van der Waals surface area contributed by atoms with Gasteiger partial charge in [0.1, 0.15) is 11.6 Å². The van der Waals surface area contributed by atoms with E-state index in [4.69, 9.17) is 10.5 Å². The molecule has 3 N–H and O–H groups in total. The molecule has 0 aliphatic heterocycles. The smallest absolute Gasteiger partial charge is 0.127 e. The lowest BCUT2D eigenvalue weighted by molar-refractivity contribution is 0.414. The lowest BCUT2D eigenvalue weighted by Crippen LogP contribution is -2.06. The van der Waals surface area contributed by atoms with Crippen LogP contribution in [0.25, 0.3) is 0 Å². The highest BCUT2D eigenvalue weighted by molar-refractivity contribution is 5.48. The molecule has 0 fully saturated rings. The van der Waals surface area contributed by atoms with Gasteiger partial charge >= 0.3 is 0 Å². The minimum absolute atomic E-state index is 0.717. The summed E-state index contributed by atoms with van der Waals surface area (Å²) in [7, 11) is 1.67. The minimum Gasteiger partial charge on any atom is -0.497 e. The number of hydrogen-bond donors (Lipinski definition) is 2. The molecular weight excluding hydrogens is 226 g/mol. The Balaban J connectivity index is 1.88. The summed E-state index contributed by atoms with van der Waals surface area (Å²) in [6.45, 7) is 0.809. The number of benzene rings is 1. The Labute approximate surface area is 107 Å². The van der Waals surface area contributed by atoms with Crippen LogP contribution in [0.5, 0.6) is 5.75 Å². The molecule has 0 atom stereocenters. The third-order valence-corrected chi connectivity index (χ3v) is 2.64. The number of aromatic nitrogens is 1. The van der Waals surface area contributed by atoms with Gasteiger partial charge in [0, 0.05) is 24.5 Å². The normalized spacial score (nSPS) is 10.1. The summed E-state index contributed by atoms with van der Waals surface area (Å²) in [6, 6.07) is 11.6. The van der Waals surface area contributed by atoms with Gasteiger partial charge in [0.25, 0.3) is 0 Å². The van der Waals surface area contributed by atoms with Crippen LogP contribution in [0, 0.1) is 0 Å². The first-order valence-corrected chi connectivity index (χ1v) is 5.86. The van der Waals surface area contributed by atoms with Crippen LogP contribution in [0.2, 0.25) is 0 Å². The molecule has 0 spiro atoms. The molecule has 0 saturated heterocycles. The molecule has 94 valence electrons. The van der Waals surface area contributed by atoms with Crippen LogP contribution in [0.1, 0.15) is 5.56 Å². The first-order chi connectivity index (χ1) is 8.78. The van der Waals surface area contributed by atoms with E-state index in [2.05, 4.69) is 16.4 Å². The van der Waals surface area contributed by atoms with Crippen LogP contribution in [-0.2, 0) is 6.42 Å². The summed E-state index contributed by atoms with van der Waals surface area (Å²) in [5.41, 5.74) is 7.63. The fraction of sp³-hybridized carbons (Fsp3) is 0.214. The molecule has 2 aromatic rings. The highest BCUT2D eigenvalue weighted by atomic mass is 16.5. The van der Waals surface area contributed by atoms with Gasteiger partial charge in [0.2, 0.25) is 0 Å². The number of nitrogens with two attached hydrogens (primary N) is 1. The summed E-state index contributed by atoms with van der Waals surface area (Å²) in [4.78, 5) is 4.19. The lowest BCUT2D eigenvalue weighted by atomic mass is 10.1. The van der Waals surface area contributed by atoms with Crippen molar-refractivity contribution in [1.82, 2.24) is 4.98 Å². The molecule has 18 heavy (non-hydrogen) atoms. The van der Waals surface area contributed by atoms with Gasteiger partial charge in [-0.3, -0.25) is 0 Å². The maximum atomic E-state index is 5.68. The fourth-order valence-corrected chi connectivity index (χ4v) is 1.71. The Morgan fingerprint density at radius 2 is 2.17 bits per heavy atom. The van der Waals surface area contributed by atoms with Crippen molar-refractivity contribution in [3.8, 4) is 5.75 Å². The molecule has 1 heterocycles. The number of ether oxygens (including phenoxy) is 1. The van der Waals surface area contributed by atoms with Crippen molar-refractivity contribution in [3.63, 3.8) is 0 Å². The van der Waals surface area contributed by atoms with Gasteiger partial charge in [-0.05, 0) is 30.2 Å². The Morgan fingerprint density at radius 3 is 2.94 bits per heavy atom. The van der Waals surface area contributed by atoms with Crippen molar-refractivity contribution < 1.29 is 4.74 Å². The average Bonchev–Trinajstić information content (AvgIpc) is 2.39. The van der Waals surface area contributed by atoms with Crippen molar-refractivity contribution in [3.05, 3.63) is 48.2 Å². The molecule has 0 radical (unpaired) electrons. The molecule has 0 aliphatic carbocycles. The zero-order valence-electron chi connectivity index (χ0n) is 10.4. The summed E-state index contributed by atoms with van der Waals surface area (Å²) in [5.74, 6) is 1.69. The molecule has 4 heteroatoms. The molecule has 0 aliphatic rings. The van der Waals surface area contributed by atoms with E-state index < -0.39 is 0 Å². The highest BCUT2D eigenvalue weighted by Crippen LogP contribution is 2.13. The number of nitrogen functional groups attached to an aromatic ring is 1. The quantitative estimate of drug-likeness (QED) is 0.846. The van der Waals surface area contributed by atoms with Crippen molar-refractivity contribution in [1.29, 1.82) is 0 Å². The number of hydrogen-bond acceptors (Lipinski definition) is 4. The minimum atomic E-state index is 0.717. The lowest BCUT2D eigenvalue weighted by Gasteiger charge is -2.07. The van der Waals surface area contributed by atoms with E-state index in [0.717, 1.165) is 24.5 Å². The Hall–Kier alpha value is -2.23. The summed E-state index contributed by atoms with van der Waals surface area (Å²) in [6.07, 6.45) is 2.61. The second-order valence-electron chi connectivity index (χ2n) is 4.00. The molecular formula is C14H17N3O. The van der Waals surface area contributed by atoms with Crippen molar-refractivity contribution in [2.24, 2.45) is 0 Å². The Morgan fingerprint density at radius 1 is 1.28 bits per heavy atom. The van der Waals surface area contributed by atoms with Crippen LogP contribution < -0.4 is 15.8 Å². The number of anilines is 2. The van der Waals surface area contributed by atoms with Crippen LogP contribution in [0.3, 0.4) is 0 Å². The maximum absolute atomic E-state index is 5.68. The molecule has 2 rings (SSSR count). The standard InChI is InChI=1S/C14H17N3O/c1-18-13-4-2-3-11(9-13)5-7-16-14-10-12(15)6-8-17-14/h2-4,6,8-10H,5,7H2,1H3,(H3,15,16,17). The van der Waals surface area contributed by atoms with E-state index in [0.29, 0.717) is 5.69 Å². The molecule has 0 saturated carbocycles. The largest absolute Gasteiger partial charge is 0.497 e. The molecule has 1 aromatic carbocycles. The third-order valence-electron chi connectivity index (χ3n) is 2.64. The van der Waals surface area contributed by atoms with E-state index >= 15 is 0 Å². The number of nitrogens with zero attached hydrogens (tertiary/aromatic N) is 1. The first kappa shape index (κ1) is 12.2. The highest BCUT2D eigenvalue weighted by Gasteiger charge is 1.97. The second kappa shape index (κ2) is 5.91. The van der Waals surface area contributed by atoms with Crippen LogP contribution in [0.4, 0.5) is 11.5 Å². The molecule has 0 amide bonds. The van der Waals surface area contributed by atoms with E-state index in [1.807, 2.05) is 24.3 Å². The Bertz CT molecular complexity index is 514. The number of methoxy groups -OCH3 is 1. The number of pyridine rings is 1. The van der Waals surface area contributed by atoms with Crippen LogP contribution in [-0.4, -0.2) is 18.6 Å². The molecule has 0 bridgehead atoms. The van der Waals surface area contributed by atoms with E-state index in [1.54, 1.807) is 19.4 Å². The summed E-state index contributed by atoms with van der Waals surface area (Å²) >= 11 is 0. The zero-order chi connectivity index (χ0) is 12.8.